The van der Waals surface area contributed by atoms with E-state index in [2.05, 4.69) is 0 Å². The van der Waals surface area contributed by atoms with E-state index in [1.54, 1.807) is 33.9 Å². The molecule has 0 aliphatic heterocycles. The molecular formula is C14H15N3O3. The SMILES string of the molecule is CN(C(=O)Cn1ccc2c([N+](=O)[O-])cccc21)C1CC1. The monoisotopic (exact) mass is 273 g/mol. The predicted octanol–water partition coefficient (Wildman–Crippen LogP) is 2.17. The van der Waals surface area contributed by atoms with E-state index in [4.69, 9.17) is 0 Å². The lowest BCUT2D eigenvalue weighted by Crippen LogP contribution is -2.31. The number of fused-ring (bicyclic) bond motifs is 1. The second-order valence-electron chi connectivity index (χ2n) is 5.15. The molecule has 1 aromatic carbocycles. The van der Waals surface area contributed by atoms with Crippen molar-refractivity contribution >= 4 is 22.5 Å². The third-order valence-corrected chi connectivity index (χ3v) is 3.78. The maximum Gasteiger partial charge on any atom is 0.278 e. The predicted molar refractivity (Wildman–Crippen MR) is 74.4 cm³/mol. The van der Waals surface area contributed by atoms with E-state index in [1.165, 1.54) is 6.07 Å². The van der Waals surface area contributed by atoms with Crippen molar-refractivity contribution in [1.29, 1.82) is 0 Å². The van der Waals surface area contributed by atoms with Gasteiger partial charge in [0.05, 0.1) is 15.8 Å². The van der Waals surface area contributed by atoms with Gasteiger partial charge in [-0.3, -0.25) is 14.9 Å². The van der Waals surface area contributed by atoms with E-state index in [0.717, 1.165) is 18.4 Å². The zero-order chi connectivity index (χ0) is 14.3. The van der Waals surface area contributed by atoms with Gasteiger partial charge in [0, 0.05) is 25.4 Å². The van der Waals surface area contributed by atoms with E-state index in [0.29, 0.717) is 11.4 Å². The lowest BCUT2D eigenvalue weighted by Gasteiger charge is -2.16. The fraction of sp³-hybridized carbons (Fsp3) is 0.357. The van der Waals surface area contributed by atoms with Crippen LogP contribution >= 0.6 is 0 Å². The van der Waals surface area contributed by atoms with Gasteiger partial charge in [-0.15, -0.1) is 0 Å². The molecule has 2 aromatic rings. The van der Waals surface area contributed by atoms with Crippen LogP contribution in [0.15, 0.2) is 30.5 Å². The third-order valence-electron chi connectivity index (χ3n) is 3.78. The number of carbonyl (C=O) groups is 1. The molecule has 0 unspecified atom stereocenters. The van der Waals surface area contributed by atoms with Crippen molar-refractivity contribution in [3.8, 4) is 0 Å². The smallest absolute Gasteiger partial charge is 0.278 e. The summed E-state index contributed by atoms with van der Waals surface area (Å²) in [5.74, 6) is 0.0384. The number of rotatable bonds is 4. The third kappa shape index (κ3) is 2.13. The Hall–Kier alpha value is -2.37. The molecule has 3 rings (SSSR count). The molecule has 6 heteroatoms. The lowest BCUT2D eigenvalue weighted by atomic mass is 10.2. The minimum Gasteiger partial charge on any atom is -0.341 e. The summed E-state index contributed by atoms with van der Waals surface area (Å²) in [7, 11) is 1.81. The number of benzene rings is 1. The Morgan fingerprint density at radius 2 is 2.20 bits per heavy atom. The Morgan fingerprint density at radius 3 is 2.85 bits per heavy atom. The summed E-state index contributed by atoms with van der Waals surface area (Å²) in [5.41, 5.74) is 0.793. The van der Waals surface area contributed by atoms with Crippen LogP contribution in [0.25, 0.3) is 10.9 Å². The Morgan fingerprint density at radius 1 is 1.45 bits per heavy atom. The van der Waals surface area contributed by atoms with E-state index >= 15 is 0 Å². The summed E-state index contributed by atoms with van der Waals surface area (Å²) in [6.45, 7) is 0.220. The molecule has 0 atom stereocenters. The standard InChI is InChI=1S/C14H15N3O3/c1-15(10-5-6-10)14(18)9-16-8-7-11-12(16)3-2-4-13(11)17(19)20/h2-4,7-8,10H,5-6,9H2,1H3. The molecule has 1 heterocycles. The van der Waals surface area contributed by atoms with Crippen LogP contribution in [0.3, 0.4) is 0 Å². The summed E-state index contributed by atoms with van der Waals surface area (Å²) in [6.07, 6.45) is 3.87. The lowest BCUT2D eigenvalue weighted by molar-refractivity contribution is -0.383. The quantitative estimate of drug-likeness (QED) is 0.633. The molecule has 1 aromatic heterocycles. The van der Waals surface area contributed by atoms with Gasteiger partial charge in [-0.2, -0.15) is 0 Å². The summed E-state index contributed by atoms with van der Waals surface area (Å²) in [5, 5.41) is 11.5. The second kappa shape index (κ2) is 4.63. The van der Waals surface area contributed by atoms with Crippen LogP contribution in [0.4, 0.5) is 5.69 Å². The van der Waals surface area contributed by atoms with E-state index in [9.17, 15) is 14.9 Å². The summed E-state index contributed by atoms with van der Waals surface area (Å²) < 4.78 is 1.77. The van der Waals surface area contributed by atoms with Gasteiger partial charge >= 0.3 is 0 Å². The molecule has 1 aliphatic rings. The van der Waals surface area contributed by atoms with Crippen LogP contribution in [-0.4, -0.2) is 33.4 Å². The number of non-ortho nitro benzene ring substituents is 1. The largest absolute Gasteiger partial charge is 0.341 e. The maximum absolute atomic E-state index is 12.1. The summed E-state index contributed by atoms with van der Waals surface area (Å²) >= 11 is 0. The van der Waals surface area contributed by atoms with Crippen molar-refractivity contribution in [1.82, 2.24) is 9.47 Å². The Kier molecular flexibility index (Phi) is 2.93. The van der Waals surface area contributed by atoms with Crippen LogP contribution in [0, 0.1) is 10.1 Å². The summed E-state index contributed by atoms with van der Waals surface area (Å²) in [6, 6.07) is 6.99. The van der Waals surface area contributed by atoms with Crippen LogP contribution in [-0.2, 0) is 11.3 Å². The molecule has 20 heavy (non-hydrogen) atoms. The molecule has 0 N–H and O–H groups in total. The van der Waals surface area contributed by atoms with E-state index in [1.807, 2.05) is 7.05 Å². The normalized spacial score (nSPS) is 14.4. The molecular weight excluding hydrogens is 258 g/mol. The van der Waals surface area contributed by atoms with Crippen molar-refractivity contribution < 1.29 is 9.72 Å². The molecule has 1 saturated carbocycles. The summed E-state index contributed by atoms with van der Waals surface area (Å²) in [4.78, 5) is 24.5. The molecule has 0 bridgehead atoms. The first-order valence-corrected chi connectivity index (χ1v) is 6.56. The molecule has 0 saturated heterocycles. The molecule has 6 nitrogen and oxygen atoms in total. The van der Waals surface area contributed by atoms with Crippen LogP contribution in [0.1, 0.15) is 12.8 Å². The zero-order valence-electron chi connectivity index (χ0n) is 11.2. The number of nitrogens with zero attached hydrogens (tertiary/aromatic N) is 3. The fourth-order valence-electron chi connectivity index (χ4n) is 2.43. The highest BCUT2D eigenvalue weighted by molar-refractivity contribution is 5.90. The minimum atomic E-state index is -0.398. The van der Waals surface area contributed by atoms with Crippen LogP contribution < -0.4 is 0 Å². The maximum atomic E-state index is 12.1. The first-order chi connectivity index (χ1) is 9.58. The average Bonchev–Trinajstić information content (AvgIpc) is 3.20. The number of amides is 1. The van der Waals surface area contributed by atoms with Gasteiger partial charge in [-0.1, -0.05) is 6.07 Å². The van der Waals surface area contributed by atoms with Crippen molar-refractivity contribution in [3.05, 3.63) is 40.6 Å². The van der Waals surface area contributed by atoms with Crippen molar-refractivity contribution in [2.45, 2.75) is 25.4 Å². The van der Waals surface area contributed by atoms with Crippen molar-refractivity contribution in [2.75, 3.05) is 7.05 Å². The van der Waals surface area contributed by atoms with Gasteiger partial charge in [0.1, 0.15) is 6.54 Å². The van der Waals surface area contributed by atoms with Gasteiger partial charge in [0.15, 0.2) is 0 Å². The number of hydrogen-bond acceptors (Lipinski definition) is 3. The number of aromatic nitrogens is 1. The highest BCUT2D eigenvalue weighted by Gasteiger charge is 2.29. The average molecular weight is 273 g/mol. The van der Waals surface area contributed by atoms with Crippen LogP contribution in [0.5, 0.6) is 0 Å². The highest BCUT2D eigenvalue weighted by atomic mass is 16.6. The van der Waals surface area contributed by atoms with Gasteiger partial charge in [0.25, 0.3) is 5.69 Å². The van der Waals surface area contributed by atoms with Crippen LogP contribution in [0.2, 0.25) is 0 Å². The number of hydrogen-bond donors (Lipinski definition) is 0. The molecule has 0 spiro atoms. The first-order valence-electron chi connectivity index (χ1n) is 6.56. The highest BCUT2D eigenvalue weighted by Crippen LogP contribution is 2.28. The van der Waals surface area contributed by atoms with Crippen molar-refractivity contribution in [3.63, 3.8) is 0 Å². The van der Waals surface area contributed by atoms with Gasteiger partial charge in [-0.25, -0.2) is 0 Å². The zero-order valence-corrected chi connectivity index (χ0v) is 11.2. The van der Waals surface area contributed by atoms with Gasteiger partial charge in [-0.05, 0) is 25.0 Å². The molecule has 1 amide bonds. The fourth-order valence-corrected chi connectivity index (χ4v) is 2.43. The molecule has 1 fully saturated rings. The van der Waals surface area contributed by atoms with Gasteiger partial charge in [0.2, 0.25) is 5.91 Å². The Balaban J connectivity index is 1.90. The van der Waals surface area contributed by atoms with E-state index in [-0.39, 0.29) is 18.1 Å². The molecule has 1 aliphatic carbocycles. The van der Waals surface area contributed by atoms with E-state index < -0.39 is 4.92 Å². The second-order valence-corrected chi connectivity index (χ2v) is 5.15. The molecule has 104 valence electrons. The number of nitro groups is 1. The van der Waals surface area contributed by atoms with Crippen molar-refractivity contribution in [2.24, 2.45) is 0 Å². The first kappa shape index (κ1) is 12.7. The topological polar surface area (TPSA) is 68.4 Å². The Labute approximate surface area is 115 Å². The number of nitro benzene ring substituents is 1. The van der Waals surface area contributed by atoms with Gasteiger partial charge < -0.3 is 9.47 Å². The number of likely N-dealkylation sites (N-methyl/N-ethyl adjacent to an activating group) is 1. The number of carbonyl (C=O) groups excluding carboxylic acids is 1. The minimum absolute atomic E-state index is 0.0384. The Bertz CT molecular complexity index is 688. The molecule has 0 radical (unpaired) electrons.